The van der Waals surface area contributed by atoms with Gasteiger partial charge in [0.2, 0.25) is 11.8 Å². The Hall–Kier alpha value is -2.40. The van der Waals surface area contributed by atoms with Gasteiger partial charge in [-0.15, -0.1) is 0 Å². The molecule has 2 aliphatic heterocycles. The van der Waals surface area contributed by atoms with Gasteiger partial charge in [-0.3, -0.25) is 19.2 Å². The third-order valence-corrected chi connectivity index (χ3v) is 6.12. The molecule has 11 heteroatoms. The van der Waals surface area contributed by atoms with E-state index in [9.17, 15) is 14.4 Å². The zero-order chi connectivity index (χ0) is 22.8. The Bertz CT molecular complexity index is 811. The van der Waals surface area contributed by atoms with Gasteiger partial charge in [0.15, 0.2) is 5.16 Å². The number of H-pyrrole nitrogens is 1. The number of thioether (sulfide) groups is 1. The highest BCUT2D eigenvalue weighted by molar-refractivity contribution is 7.99. The lowest BCUT2D eigenvalue weighted by Crippen LogP contribution is -2.42. The Labute approximate surface area is 185 Å². The van der Waals surface area contributed by atoms with E-state index in [0.29, 0.717) is 10.9 Å². The van der Waals surface area contributed by atoms with Crippen molar-refractivity contribution in [2.24, 2.45) is 5.92 Å². The van der Waals surface area contributed by atoms with Gasteiger partial charge in [-0.25, -0.2) is 4.98 Å². The molecule has 172 valence electrons. The van der Waals surface area contributed by atoms with E-state index in [1.165, 1.54) is 17.8 Å². The van der Waals surface area contributed by atoms with Crippen molar-refractivity contribution >= 4 is 30.0 Å². The number of carbonyl (C=O) groups is 3. The molecule has 0 unspecified atom stereocenters. The summed E-state index contributed by atoms with van der Waals surface area (Å²) in [6.45, 7) is 4.74. The van der Waals surface area contributed by atoms with E-state index in [2.05, 4.69) is 20.2 Å². The second-order valence-electron chi connectivity index (χ2n) is 7.88. The van der Waals surface area contributed by atoms with Crippen molar-refractivity contribution in [2.75, 3.05) is 39.0 Å². The first-order chi connectivity index (χ1) is 14.8. The van der Waals surface area contributed by atoms with Crippen molar-refractivity contribution in [1.29, 1.82) is 0 Å². The fourth-order valence-electron chi connectivity index (χ4n) is 3.95. The number of hydrogen-bond acceptors (Lipinski definition) is 7. The minimum absolute atomic E-state index is 0.0148. The third-order valence-electron chi connectivity index (χ3n) is 5.25. The molecule has 31 heavy (non-hydrogen) atoms. The molecule has 3 rings (SSSR count). The summed E-state index contributed by atoms with van der Waals surface area (Å²) in [6.07, 6.45) is 3.80. The number of amides is 2. The summed E-state index contributed by atoms with van der Waals surface area (Å²) in [5.74, 6) is 0.391. The van der Waals surface area contributed by atoms with E-state index in [-0.39, 0.29) is 41.6 Å². The molecule has 10 nitrogen and oxygen atoms in total. The molecule has 2 amide bonds. The minimum atomic E-state index is -0.250. The fourth-order valence-corrected chi connectivity index (χ4v) is 4.68. The monoisotopic (exact) mass is 453 g/mol. The van der Waals surface area contributed by atoms with Crippen molar-refractivity contribution in [3.05, 3.63) is 22.1 Å². The van der Waals surface area contributed by atoms with E-state index in [1.54, 1.807) is 6.92 Å². The van der Waals surface area contributed by atoms with Crippen LogP contribution in [0.1, 0.15) is 31.4 Å². The van der Waals surface area contributed by atoms with Gasteiger partial charge in [0.25, 0.3) is 12.0 Å². The second kappa shape index (κ2) is 12.5. The largest absolute Gasteiger partial charge is 0.483 e. The van der Waals surface area contributed by atoms with E-state index in [4.69, 9.17) is 9.90 Å². The molecular weight excluding hydrogens is 422 g/mol. The lowest BCUT2D eigenvalue weighted by atomic mass is 10.0. The molecule has 0 aliphatic carbocycles. The first-order valence-corrected chi connectivity index (χ1v) is 11.4. The Morgan fingerprint density at radius 1 is 1.32 bits per heavy atom. The molecule has 1 aromatic heterocycles. The zero-order valence-electron chi connectivity index (χ0n) is 18.0. The minimum Gasteiger partial charge on any atom is -0.483 e. The van der Waals surface area contributed by atoms with Crippen LogP contribution >= 0.6 is 11.8 Å². The van der Waals surface area contributed by atoms with Crippen LogP contribution in [0.2, 0.25) is 0 Å². The number of likely N-dealkylation sites (tertiary alicyclic amines) is 2. The molecule has 0 aromatic carbocycles. The van der Waals surface area contributed by atoms with Crippen molar-refractivity contribution in [2.45, 2.75) is 43.8 Å². The Kier molecular flexibility index (Phi) is 9.99. The predicted octanol–water partition coefficient (Wildman–Crippen LogP) is 0.320. The summed E-state index contributed by atoms with van der Waals surface area (Å²) in [4.78, 5) is 55.9. The van der Waals surface area contributed by atoms with Crippen molar-refractivity contribution in [1.82, 2.24) is 25.1 Å². The predicted molar refractivity (Wildman–Crippen MR) is 117 cm³/mol. The van der Waals surface area contributed by atoms with Gasteiger partial charge in [0.05, 0.1) is 11.7 Å². The van der Waals surface area contributed by atoms with Crippen molar-refractivity contribution in [3.63, 3.8) is 0 Å². The summed E-state index contributed by atoms with van der Waals surface area (Å²) in [6, 6.07) is 1.45. The average molecular weight is 454 g/mol. The molecule has 0 radical (unpaired) electrons. The summed E-state index contributed by atoms with van der Waals surface area (Å²) >= 11 is 1.22. The maximum absolute atomic E-state index is 12.7. The molecule has 1 aromatic rings. The molecule has 0 saturated carbocycles. The van der Waals surface area contributed by atoms with Crippen molar-refractivity contribution < 1.29 is 19.5 Å². The number of carbonyl (C=O) groups excluding carboxylic acids is 2. The molecule has 2 aliphatic rings. The molecular formula is C20H31N5O5S. The number of likely N-dealkylation sites (N-methyl/N-ethyl adjacent to an activating group) is 1. The number of carboxylic acid groups (broad SMARTS) is 1. The van der Waals surface area contributed by atoms with Gasteiger partial charge in [0, 0.05) is 44.0 Å². The van der Waals surface area contributed by atoms with Crippen LogP contribution in [-0.2, 0) is 14.4 Å². The molecule has 2 fully saturated rings. The normalized spacial score (nSPS) is 21.5. The maximum Gasteiger partial charge on any atom is 0.290 e. The number of nitrogens with one attached hydrogen (secondary N) is 2. The van der Waals surface area contributed by atoms with Crippen LogP contribution in [0.25, 0.3) is 0 Å². The summed E-state index contributed by atoms with van der Waals surface area (Å²) in [5.41, 5.74) is 0.417. The average Bonchev–Trinajstić information content (AvgIpc) is 3.17. The highest BCUT2D eigenvalue weighted by atomic mass is 32.2. The third kappa shape index (κ3) is 8.33. The van der Waals surface area contributed by atoms with Gasteiger partial charge >= 0.3 is 0 Å². The van der Waals surface area contributed by atoms with Crippen LogP contribution < -0.4 is 10.9 Å². The summed E-state index contributed by atoms with van der Waals surface area (Å²) in [5, 5.41) is 10.4. The fraction of sp³-hybridized carbons (Fsp3) is 0.650. The highest BCUT2D eigenvalue weighted by Crippen LogP contribution is 2.21. The van der Waals surface area contributed by atoms with Gasteiger partial charge < -0.3 is 25.2 Å². The lowest BCUT2D eigenvalue weighted by Gasteiger charge is -2.24. The van der Waals surface area contributed by atoms with Gasteiger partial charge in [-0.2, -0.15) is 0 Å². The van der Waals surface area contributed by atoms with E-state index >= 15 is 0 Å². The lowest BCUT2D eigenvalue weighted by molar-refractivity contribution is -0.135. The van der Waals surface area contributed by atoms with Gasteiger partial charge in [-0.1, -0.05) is 11.8 Å². The van der Waals surface area contributed by atoms with Crippen LogP contribution in [0.3, 0.4) is 0 Å². The highest BCUT2D eigenvalue weighted by Gasteiger charge is 2.31. The summed E-state index contributed by atoms with van der Waals surface area (Å²) in [7, 11) is 2.00. The summed E-state index contributed by atoms with van der Waals surface area (Å²) < 4.78 is 0. The Morgan fingerprint density at radius 3 is 2.65 bits per heavy atom. The first kappa shape index (κ1) is 24.9. The topological polar surface area (TPSA) is 136 Å². The quantitative estimate of drug-likeness (QED) is 0.329. The molecule has 3 N–H and O–H groups in total. The van der Waals surface area contributed by atoms with E-state index in [0.717, 1.165) is 51.9 Å². The Balaban J connectivity index is 0.00000107. The molecule has 0 bridgehead atoms. The number of aromatic nitrogens is 2. The van der Waals surface area contributed by atoms with Crippen LogP contribution in [-0.4, -0.2) is 88.2 Å². The number of aryl methyl sites for hydroxylation is 1. The maximum atomic E-state index is 12.7. The first-order valence-electron chi connectivity index (χ1n) is 10.4. The number of aromatic amines is 1. The van der Waals surface area contributed by atoms with Crippen LogP contribution in [0.15, 0.2) is 16.0 Å². The number of hydrogen-bond donors (Lipinski definition) is 3. The second-order valence-corrected chi connectivity index (χ2v) is 8.84. The van der Waals surface area contributed by atoms with Gasteiger partial charge in [-0.05, 0) is 39.7 Å². The molecule has 2 atom stereocenters. The van der Waals surface area contributed by atoms with Crippen LogP contribution in [0.4, 0.5) is 0 Å². The molecule has 2 saturated heterocycles. The van der Waals surface area contributed by atoms with Crippen LogP contribution in [0, 0.1) is 12.8 Å². The molecule has 0 spiro atoms. The number of nitrogens with zero attached hydrogens (tertiary/aromatic N) is 3. The van der Waals surface area contributed by atoms with E-state index < -0.39 is 0 Å². The Morgan fingerprint density at radius 2 is 2.00 bits per heavy atom. The standard InChI is InChI=1S/C19H29N5O3S.CH2O2/c1-13-9-16(25)22-19(20-13)28-12-17(26)21-15-6-5-14(10-23(2)11-15)18(27)24-7-3-4-8-24;2-1-3/h9,14-15H,3-8,10-12H2,1-2H3,(H,21,26)(H,20,22,25);1H,(H,2,3)/t14-,15+;/m1./s1. The van der Waals surface area contributed by atoms with E-state index in [1.807, 2.05) is 11.9 Å². The van der Waals surface area contributed by atoms with Gasteiger partial charge in [0.1, 0.15) is 0 Å². The SMILES string of the molecule is Cc1cc(=O)[nH]c(SCC(=O)N[C@H]2CC[C@@H](C(=O)N3CCCC3)CN(C)C2)n1.O=CO. The zero-order valence-corrected chi connectivity index (χ0v) is 18.8. The van der Waals surface area contributed by atoms with Crippen molar-refractivity contribution in [3.8, 4) is 0 Å². The van der Waals surface area contributed by atoms with Crippen LogP contribution in [0.5, 0.6) is 0 Å². The smallest absolute Gasteiger partial charge is 0.290 e. The number of rotatable bonds is 5. The molecule has 3 heterocycles.